The summed E-state index contributed by atoms with van der Waals surface area (Å²) in [5, 5.41) is 19.9. The number of carbonyl (C=O) groups is 5. The van der Waals surface area contributed by atoms with E-state index in [4.69, 9.17) is 22.9 Å². The molecule has 0 unspecified atom stereocenters. The average Bonchev–Trinajstić information content (AvgIpc) is 2.83. The molecule has 0 heterocycles. The van der Waals surface area contributed by atoms with Gasteiger partial charge in [-0.05, 0) is 25.7 Å². The zero-order chi connectivity index (χ0) is 29.6. The third-order valence-corrected chi connectivity index (χ3v) is 6.02. The molecule has 17 heteroatoms. The third-order valence-electron chi connectivity index (χ3n) is 5.26. The minimum absolute atomic E-state index is 0.0395. The van der Waals surface area contributed by atoms with Crippen LogP contribution in [0.4, 0.5) is 0 Å². The molecule has 15 nitrogen and oxygen atoms in total. The van der Waals surface area contributed by atoms with Crippen molar-refractivity contribution in [3.8, 4) is 0 Å². The van der Waals surface area contributed by atoms with Crippen molar-refractivity contribution in [3.05, 3.63) is 0 Å². The molecule has 0 radical (unpaired) electrons. The van der Waals surface area contributed by atoms with E-state index in [1.807, 2.05) is 0 Å². The van der Waals surface area contributed by atoms with Gasteiger partial charge in [0, 0.05) is 18.1 Å². The van der Waals surface area contributed by atoms with Crippen LogP contribution in [0.2, 0.25) is 0 Å². The van der Waals surface area contributed by atoms with Crippen molar-refractivity contribution in [2.45, 2.75) is 69.9 Å². The summed E-state index contributed by atoms with van der Waals surface area (Å²) >= 11 is 7.93. The lowest BCUT2D eigenvalue weighted by Gasteiger charge is -2.29. The predicted octanol–water partition coefficient (Wildman–Crippen LogP) is -4.31. The Morgan fingerprint density at radius 2 is 1.32 bits per heavy atom. The zero-order valence-electron chi connectivity index (χ0n) is 21.7. The lowest BCUT2D eigenvalue weighted by atomic mass is 10.0. The number of guanidine groups is 1. The summed E-state index contributed by atoms with van der Waals surface area (Å²) in [6.45, 7) is 4.75. The van der Waals surface area contributed by atoms with E-state index in [2.05, 4.69) is 51.5 Å². The zero-order valence-corrected chi connectivity index (χ0v) is 23.5. The topological polar surface area (TPSA) is 270 Å². The molecule has 0 aliphatic rings. The highest BCUT2D eigenvalue weighted by Gasteiger charge is 2.34. The monoisotopic (exact) mass is 579 g/mol. The van der Waals surface area contributed by atoms with Crippen molar-refractivity contribution >= 4 is 60.8 Å². The number of amides is 5. The smallest absolute Gasteiger partial charge is 0.245 e. The van der Waals surface area contributed by atoms with Gasteiger partial charge in [-0.15, -0.1) is 0 Å². The van der Waals surface area contributed by atoms with Gasteiger partial charge in [0.05, 0.1) is 12.1 Å². The van der Waals surface area contributed by atoms with Gasteiger partial charge >= 0.3 is 0 Å². The van der Waals surface area contributed by atoms with E-state index in [0.29, 0.717) is 6.42 Å². The molecule has 0 rings (SSSR count). The van der Waals surface area contributed by atoms with Gasteiger partial charge in [0.25, 0.3) is 0 Å². The maximum absolute atomic E-state index is 13.1. The molecule has 218 valence electrons. The number of primary amides is 1. The van der Waals surface area contributed by atoms with Crippen LogP contribution in [0.3, 0.4) is 0 Å². The number of rotatable bonds is 17. The van der Waals surface area contributed by atoms with Gasteiger partial charge in [-0.3, -0.25) is 29.0 Å². The Labute approximate surface area is 232 Å². The van der Waals surface area contributed by atoms with E-state index in [9.17, 15) is 29.1 Å². The molecule has 0 aromatic carbocycles. The lowest BCUT2D eigenvalue weighted by molar-refractivity contribution is -0.136. The predicted molar refractivity (Wildman–Crippen MR) is 149 cm³/mol. The Hall–Kier alpha value is -2.76. The number of aliphatic hydroxyl groups excluding tert-OH is 1. The summed E-state index contributed by atoms with van der Waals surface area (Å²) in [6.07, 6.45) is -0.917. The van der Waals surface area contributed by atoms with Crippen molar-refractivity contribution in [2.24, 2.45) is 33.8 Å². The quantitative estimate of drug-likeness (QED) is 0.0344. The number of nitrogens with two attached hydrogens (primary N) is 4. The number of carbonyl (C=O) groups excluding carboxylic acids is 5. The van der Waals surface area contributed by atoms with Crippen LogP contribution in [0, 0.1) is 5.92 Å². The fourth-order valence-corrected chi connectivity index (χ4v) is 3.48. The van der Waals surface area contributed by atoms with Gasteiger partial charge < -0.3 is 49.3 Å². The molecule has 13 N–H and O–H groups in total. The first-order chi connectivity index (χ1) is 17.7. The van der Waals surface area contributed by atoms with E-state index in [1.54, 1.807) is 13.8 Å². The van der Waals surface area contributed by atoms with Gasteiger partial charge in [-0.2, -0.15) is 25.3 Å². The molecular formula is C21H41N9O6S2. The third kappa shape index (κ3) is 12.7. The first-order valence-corrected chi connectivity index (χ1v) is 13.1. The molecule has 0 aliphatic carbocycles. The molecule has 0 saturated heterocycles. The standard InChI is InChI=1S/C21H41N9O6S2/c1-9(2)14(19(35)30-15(10(3)31)20(36)28-13(8-38)16(23)32)29-18(34)12(5-4-6-26-21(24)25)27-17(33)11(22)7-37/h9-15,31,37-38H,4-8,22H2,1-3H3,(H2,23,32)(H,27,33)(H,28,36)(H,29,34)(H,30,35)(H4,24,25,26)/t10-,11+,12+,13+,14+,15+/m1/s1. The van der Waals surface area contributed by atoms with Gasteiger partial charge in [0.15, 0.2) is 5.96 Å². The molecule has 5 amide bonds. The van der Waals surface area contributed by atoms with E-state index >= 15 is 0 Å². The van der Waals surface area contributed by atoms with Crippen molar-refractivity contribution in [1.82, 2.24) is 21.3 Å². The van der Waals surface area contributed by atoms with Gasteiger partial charge in [-0.25, -0.2) is 0 Å². The largest absolute Gasteiger partial charge is 0.391 e. The number of aliphatic hydroxyl groups is 1. The molecule has 0 saturated carbocycles. The number of nitrogens with zero attached hydrogens (tertiary/aromatic N) is 1. The first-order valence-electron chi connectivity index (χ1n) is 11.9. The molecule has 0 bridgehead atoms. The molecule has 0 fully saturated rings. The normalized spacial score (nSPS) is 15.7. The number of hydrogen-bond acceptors (Lipinski definition) is 10. The fourth-order valence-electron chi connectivity index (χ4n) is 3.04. The summed E-state index contributed by atoms with van der Waals surface area (Å²) in [5.41, 5.74) is 21.5. The number of thiol groups is 2. The highest BCUT2D eigenvalue weighted by Crippen LogP contribution is 2.07. The Morgan fingerprint density at radius 1 is 0.789 bits per heavy atom. The molecule has 0 aromatic rings. The van der Waals surface area contributed by atoms with Crippen LogP contribution >= 0.6 is 25.3 Å². The fraction of sp³-hybridized carbons (Fsp3) is 0.714. The molecule has 38 heavy (non-hydrogen) atoms. The molecule has 0 spiro atoms. The van der Waals surface area contributed by atoms with E-state index in [-0.39, 0.29) is 30.4 Å². The highest BCUT2D eigenvalue weighted by molar-refractivity contribution is 7.80. The van der Waals surface area contributed by atoms with Crippen LogP contribution in [-0.2, 0) is 24.0 Å². The Balaban J connectivity index is 5.66. The Bertz CT molecular complexity index is 855. The van der Waals surface area contributed by atoms with Gasteiger partial charge in [0.2, 0.25) is 29.5 Å². The van der Waals surface area contributed by atoms with E-state index in [1.165, 1.54) is 6.92 Å². The minimum atomic E-state index is -1.47. The second-order valence-electron chi connectivity index (χ2n) is 8.90. The summed E-state index contributed by atoms with van der Waals surface area (Å²) in [5.74, 6) is -4.46. The minimum Gasteiger partial charge on any atom is -0.391 e. The lowest BCUT2D eigenvalue weighted by Crippen LogP contribution is -2.62. The average molecular weight is 580 g/mol. The van der Waals surface area contributed by atoms with Gasteiger partial charge in [0.1, 0.15) is 24.2 Å². The summed E-state index contributed by atoms with van der Waals surface area (Å²) in [4.78, 5) is 66.4. The maximum Gasteiger partial charge on any atom is 0.245 e. The molecule has 6 atom stereocenters. The van der Waals surface area contributed by atoms with Gasteiger partial charge in [-0.1, -0.05) is 13.8 Å². The van der Waals surface area contributed by atoms with Crippen LogP contribution in [-0.4, -0.2) is 95.0 Å². The molecule has 0 aliphatic heterocycles. The SMILES string of the molecule is CC(C)[C@H](NC(=O)[C@H](CCCN=C(N)N)NC(=O)[C@@H](N)CS)C(=O)N[C@H](C(=O)N[C@@H](CS)C(N)=O)[C@@H](C)O. The second-order valence-corrected chi connectivity index (χ2v) is 9.63. The van der Waals surface area contributed by atoms with E-state index < -0.39 is 71.8 Å². The van der Waals surface area contributed by atoms with Crippen LogP contribution in [0.5, 0.6) is 0 Å². The summed E-state index contributed by atoms with van der Waals surface area (Å²) in [7, 11) is 0. The Kier molecular flexibility index (Phi) is 16.4. The van der Waals surface area contributed by atoms with Crippen LogP contribution in [0.25, 0.3) is 0 Å². The van der Waals surface area contributed by atoms with Crippen molar-refractivity contribution in [1.29, 1.82) is 0 Å². The van der Waals surface area contributed by atoms with Crippen LogP contribution < -0.4 is 44.2 Å². The van der Waals surface area contributed by atoms with Crippen molar-refractivity contribution < 1.29 is 29.1 Å². The summed E-state index contributed by atoms with van der Waals surface area (Å²) in [6, 6.07) is -5.81. The number of nitrogens with one attached hydrogen (secondary N) is 4. The van der Waals surface area contributed by atoms with E-state index in [0.717, 1.165) is 0 Å². The number of hydrogen-bond donors (Lipinski definition) is 11. The molecule has 0 aromatic heterocycles. The summed E-state index contributed by atoms with van der Waals surface area (Å²) < 4.78 is 0. The van der Waals surface area contributed by atoms with Crippen molar-refractivity contribution in [2.75, 3.05) is 18.1 Å². The Morgan fingerprint density at radius 3 is 1.76 bits per heavy atom. The van der Waals surface area contributed by atoms with Crippen LogP contribution in [0.1, 0.15) is 33.6 Å². The van der Waals surface area contributed by atoms with Crippen molar-refractivity contribution in [3.63, 3.8) is 0 Å². The second kappa shape index (κ2) is 17.7. The number of aliphatic imine (C=N–C) groups is 1. The first kappa shape index (κ1) is 35.2. The van der Waals surface area contributed by atoms with Crippen LogP contribution in [0.15, 0.2) is 4.99 Å². The maximum atomic E-state index is 13.1. The highest BCUT2D eigenvalue weighted by atomic mass is 32.1. The molecular weight excluding hydrogens is 538 g/mol.